The molecule has 1 aromatic rings. The second kappa shape index (κ2) is 4.88. The van der Waals surface area contributed by atoms with Gasteiger partial charge in [-0.15, -0.1) is 0 Å². The Labute approximate surface area is 123 Å². The second-order valence-electron chi connectivity index (χ2n) is 4.61. The van der Waals surface area contributed by atoms with E-state index in [4.69, 9.17) is 4.74 Å². The highest BCUT2D eigenvalue weighted by atomic mass is 32.2. The number of rotatable bonds is 4. The number of non-ortho nitro benzene ring substituents is 1. The predicted molar refractivity (Wildman–Crippen MR) is 74.2 cm³/mol. The highest BCUT2D eigenvalue weighted by molar-refractivity contribution is 8.03. The van der Waals surface area contributed by atoms with Gasteiger partial charge in [-0.2, -0.15) is 0 Å². The van der Waals surface area contributed by atoms with Crippen LogP contribution >= 0.6 is 11.8 Å². The molecule has 0 bridgehead atoms. The number of carbonyl (C=O) groups is 2. The van der Waals surface area contributed by atoms with Crippen LogP contribution in [0.3, 0.4) is 0 Å². The Balaban J connectivity index is 1.76. The standard InChI is InChI=1S/C13H10N2O5S/c1-7-11(14-12(17)20-13(14)21-7)10(16)6-8-2-4-9(5-3-8)15(18)19/h2-5,13H,6H2,1H3/t13-/m1/s1. The van der Waals surface area contributed by atoms with Crippen molar-refractivity contribution in [3.8, 4) is 0 Å². The van der Waals surface area contributed by atoms with Gasteiger partial charge < -0.3 is 4.74 Å². The molecule has 0 unspecified atom stereocenters. The van der Waals surface area contributed by atoms with Crippen molar-refractivity contribution in [1.82, 2.24) is 4.90 Å². The average Bonchev–Trinajstić information content (AvgIpc) is 2.70. The first-order valence-electron chi connectivity index (χ1n) is 6.11. The van der Waals surface area contributed by atoms with Crippen LogP contribution in [0.2, 0.25) is 0 Å². The minimum absolute atomic E-state index is 0.0237. The summed E-state index contributed by atoms with van der Waals surface area (Å²) < 4.78 is 4.89. The average molecular weight is 306 g/mol. The van der Waals surface area contributed by atoms with Gasteiger partial charge in [0.05, 0.1) is 4.92 Å². The fourth-order valence-corrected chi connectivity index (χ4v) is 3.27. The number of hydrogen-bond donors (Lipinski definition) is 0. The third kappa shape index (κ3) is 2.27. The molecule has 1 amide bonds. The number of fused-ring (bicyclic) bond motifs is 1. The zero-order chi connectivity index (χ0) is 15.1. The van der Waals surface area contributed by atoms with Crippen LogP contribution in [-0.2, 0) is 16.0 Å². The van der Waals surface area contributed by atoms with E-state index >= 15 is 0 Å². The zero-order valence-corrected chi connectivity index (χ0v) is 11.8. The van der Waals surface area contributed by atoms with Crippen LogP contribution in [0.25, 0.3) is 0 Å². The lowest BCUT2D eigenvalue weighted by molar-refractivity contribution is -0.384. The molecule has 21 heavy (non-hydrogen) atoms. The Bertz CT molecular complexity index is 682. The Kier molecular flexibility index (Phi) is 3.17. The summed E-state index contributed by atoms with van der Waals surface area (Å²) in [6.07, 6.45) is -0.432. The lowest BCUT2D eigenvalue weighted by Crippen LogP contribution is -2.50. The molecule has 8 heteroatoms. The van der Waals surface area contributed by atoms with Crippen molar-refractivity contribution < 1.29 is 19.2 Å². The first-order valence-corrected chi connectivity index (χ1v) is 6.99. The molecule has 2 heterocycles. The van der Waals surface area contributed by atoms with Gasteiger partial charge >= 0.3 is 6.09 Å². The van der Waals surface area contributed by atoms with E-state index in [9.17, 15) is 19.7 Å². The molecule has 1 fully saturated rings. The molecule has 108 valence electrons. The molecule has 1 aromatic carbocycles. The van der Waals surface area contributed by atoms with Crippen LogP contribution in [0.5, 0.6) is 0 Å². The molecular weight excluding hydrogens is 296 g/mol. The number of amides is 1. The minimum Gasteiger partial charge on any atom is -0.414 e. The van der Waals surface area contributed by atoms with Crippen LogP contribution < -0.4 is 0 Å². The molecule has 7 nitrogen and oxygen atoms in total. The maximum Gasteiger partial charge on any atom is 0.420 e. The van der Waals surface area contributed by atoms with Crippen molar-refractivity contribution in [3.05, 3.63) is 50.5 Å². The summed E-state index contributed by atoms with van der Waals surface area (Å²) in [4.78, 5) is 35.9. The van der Waals surface area contributed by atoms with Crippen LogP contribution in [0.15, 0.2) is 34.9 Å². The van der Waals surface area contributed by atoms with Gasteiger partial charge in [0.25, 0.3) is 5.69 Å². The van der Waals surface area contributed by atoms with Crippen molar-refractivity contribution in [2.24, 2.45) is 0 Å². The lowest BCUT2D eigenvalue weighted by Gasteiger charge is -2.34. The molecule has 1 saturated heterocycles. The molecule has 0 aromatic heterocycles. The first-order chi connectivity index (χ1) is 9.97. The summed E-state index contributed by atoms with van der Waals surface area (Å²) in [5.74, 6) is -0.201. The maximum absolute atomic E-state index is 12.3. The van der Waals surface area contributed by atoms with Gasteiger partial charge in [-0.05, 0) is 12.5 Å². The summed E-state index contributed by atoms with van der Waals surface area (Å²) in [7, 11) is 0. The number of nitro benzene ring substituents is 1. The van der Waals surface area contributed by atoms with Crippen molar-refractivity contribution in [2.75, 3.05) is 0 Å². The highest BCUT2D eigenvalue weighted by Gasteiger charge is 2.49. The quantitative estimate of drug-likeness (QED) is 0.627. The second-order valence-corrected chi connectivity index (χ2v) is 5.86. The molecule has 2 aliphatic heterocycles. The molecule has 0 aliphatic carbocycles. The van der Waals surface area contributed by atoms with Crippen LogP contribution in [-0.4, -0.2) is 27.3 Å². The molecule has 0 radical (unpaired) electrons. The summed E-state index contributed by atoms with van der Waals surface area (Å²) in [6.45, 7) is 1.77. The van der Waals surface area contributed by atoms with Crippen molar-refractivity contribution in [3.63, 3.8) is 0 Å². The number of benzene rings is 1. The number of ketones is 1. The normalized spacial score (nSPS) is 20.0. The van der Waals surface area contributed by atoms with Crippen LogP contribution in [0.1, 0.15) is 12.5 Å². The molecule has 0 N–H and O–H groups in total. The number of hydrogen-bond acceptors (Lipinski definition) is 6. The molecule has 0 saturated carbocycles. The molecule has 3 rings (SSSR count). The fourth-order valence-electron chi connectivity index (χ4n) is 2.22. The van der Waals surface area contributed by atoms with Crippen LogP contribution in [0, 0.1) is 10.1 Å². The van der Waals surface area contributed by atoms with Crippen LogP contribution in [0.4, 0.5) is 10.5 Å². The topological polar surface area (TPSA) is 89.8 Å². The van der Waals surface area contributed by atoms with Gasteiger partial charge in [-0.1, -0.05) is 23.9 Å². The van der Waals surface area contributed by atoms with Gasteiger partial charge in [0.15, 0.2) is 5.78 Å². The Morgan fingerprint density at radius 2 is 2.10 bits per heavy atom. The van der Waals surface area contributed by atoms with E-state index in [0.29, 0.717) is 11.3 Å². The minimum atomic E-state index is -0.517. The summed E-state index contributed by atoms with van der Waals surface area (Å²) in [5, 5.41) is 10.6. The van der Waals surface area contributed by atoms with Gasteiger partial charge in [0.2, 0.25) is 5.56 Å². The number of ether oxygens (including phenoxy) is 1. The summed E-state index contributed by atoms with van der Waals surface area (Å²) in [5.41, 5.74) is 0.575. The van der Waals surface area contributed by atoms with E-state index in [0.717, 1.165) is 4.91 Å². The molecule has 0 spiro atoms. The van der Waals surface area contributed by atoms with E-state index in [-0.39, 0.29) is 17.9 Å². The van der Waals surface area contributed by atoms with Crippen molar-refractivity contribution in [2.45, 2.75) is 18.9 Å². The monoisotopic (exact) mass is 306 g/mol. The Morgan fingerprint density at radius 1 is 1.43 bits per heavy atom. The van der Waals surface area contributed by atoms with Gasteiger partial charge in [0, 0.05) is 23.5 Å². The van der Waals surface area contributed by atoms with Gasteiger partial charge in [0.1, 0.15) is 5.70 Å². The highest BCUT2D eigenvalue weighted by Crippen LogP contribution is 2.44. The number of Topliss-reactive ketones (excluding diaryl/α,β-unsaturated/α-hetero) is 1. The smallest absolute Gasteiger partial charge is 0.414 e. The number of thioether (sulfide) groups is 1. The third-order valence-corrected chi connectivity index (χ3v) is 4.29. The number of carbonyl (C=O) groups excluding carboxylic acids is 2. The number of allylic oxidation sites excluding steroid dienone is 2. The summed E-state index contributed by atoms with van der Waals surface area (Å²) >= 11 is 1.32. The van der Waals surface area contributed by atoms with E-state index < -0.39 is 16.6 Å². The predicted octanol–water partition coefficient (Wildman–Crippen LogP) is 2.42. The SMILES string of the molecule is CC1=C(C(=O)Cc2ccc([N+](=O)[O-])cc2)N2C(=O)O[C@@H]2S1. The van der Waals surface area contributed by atoms with E-state index in [2.05, 4.69) is 0 Å². The van der Waals surface area contributed by atoms with Gasteiger partial charge in [-0.3, -0.25) is 14.9 Å². The molecular formula is C13H10N2O5S. The Morgan fingerprint density at radius 3 is 2.67 bits per heavy atom. The summed E-state index contributed by atoms with van der Waals surface area (Å²) in [6, 6.07) is 5.79. The lowest BCUT2D eigenvalue weighted by atomic mass is 10.1. The number of nitrogens with zero attached hydrogens (tertiary/aromatic N) is 2. The van der Waals surface area contributed by atoms with E-state index in [1.807, 2.05) is 0 Å². The van der Waals surface area contributed by atoms with Crippen molar-refractivity contribution >= 4 is 29.3 Å². The third-order valence-electron chi connectivity index (χ3n) is 3.24. The van der Waals surface area contributed by atoms with Gasteiger partial charge in [-0.25, -0.2) is 9.69 Å². The van der Waals surface area contributed by atoms with E-state index in [1.54, 1.807) is 19.1 Å². The van der Waals surface area contributed by atoms with Crippen molar-refractivity contribution in [1.29, 1.82) is 0 Å². The zero-order valence-electron chi connectivity index (χ0n) is 10.9. The molecule has 2 aliphatic rings. The fraction of sp³-hybridized carbons (Fsp3) is 0.231. The first kappa shape index (κ1) is 13.6. The number of nitro groups is 1. The maximum atomic E-state index is 12.3. The molecule has 1 atom stereocenters. The largest absolute Gasteiger partial charge is 0.420 e. The Hall–Kier alpha value is -2.35. The van der Waals surface area contributed by atoms with E-state index in [1.165, 1.54) is 28.8 Å².